The Hall–Kier alpha value is -1.93. The monoisotopic (exact) mass is 378 g/mol. The predicted molar refractivity (Wildman–Crippen MR) is 103 cm³/mol. The molecule has 7 heteroatoms. The molecule has 26 heavy (non-hydrogen) atoms. The molecule has 0 aliphatic carbocycles. The zero-order chi connectivity index (χ0) is 19.0. The minimum Gasteiger partial charge on any atom is -0.395 e. The molecule has 0 fully saturated rings. The Labute approximate surface area is 155 Å². The van der Waals surface area contributed by atoms with Crippen LogP contribution in [0.2, 0.25) is 0 Å². The molecule has 142 valence electrons. The Morgan fingerprint density at radius 3 is 2.15 bits per heavy atom. The lowest BCUT2D eigenvalue weighted by Crippen LogP contribution is -2.36. The third-order valence-corrected chi connectivity index (χ3v) is 6.01. The van der Waals surface area contributed by atoms with Gasteiger partial charge in [-0.3, -0.25) is 0 Å². The minimum atomic E-state index is -3.76. The molecule has 0 saturated heterocycles. The minimum absolute atomic E-state index is 0.0434. The molecule has 6 nitrogen and oxygen atoms in total. The first kappa shape index (κ1) is 20.4. The number of rotatable bonds is 10. The van der Waals surface area contributed by atoms with Crippen LogP contribution in [0.3, 0.4) is 0 Å². The lowest BCUT2D eigenvalue weighted by Gasteiger charge is -2.24. The van der Waals surface area contributed by atoms with Gasteiger partial charge in [0.1, 0.15) is 0 Å². The van der Waals surface area contributed by atoms with Crippen LogP contribution in [-0.2, 0) is 16.6 Å². The lowest BCUT2D eigenvalue weighted by atomic mass is 10.2. The van der Waals surface area contributed by atoms with E-state index < -0.39 is 10.0 Å². The zero-order valence-corrected chi connectivity index (χ0v) is 15.8. The van der Waals surface area contributed by atoms with E-state index in [1.54, 1.807) is 18.2 Å². The second kappa shape index (κ2) is 9.68. The molecule has 0 unspecified atom stereocenters. The number of benzene rings is 2. The summed E-state index contributed by atoms with van der Waals surface area (Å²) in [4.78, 5) is 2.33. The van der Waals surface area contributed by atoms with Gasteiger partial charge in [-0.05, 0) is 36.8 Å². The van der Waals surface area contributed by atoms with Crippen LogP contribution in [0.15, 0.2) is 59.5 Å². The maximum absolute atomic E-state index is 12.8. The van der Waals surface area contributed by atoms with Gasteiger partial charge in [-0.2, -0.15) is 4.31 Å². The van der Waals surface area contributed by atoms with Crippen LogP contribution in [0.25, 0.3) is 0 Å². The molecule has 2 N–H and O–H groups in total. The normalized spacial score (nSPS) is 11.7. The first-order valence-corrected chi connectivity index (χ1v) is 10.1. The average Bonchev–Trinajstić information content (AvgIpc) is 2.67. The standard InChI is InChI=1S/C19H26N2O4S/c1-2-20(18-8-4-3-5-9-18)16-17-7-6-10-19(15-17)26(24,25)21(11-13-22)12-14-23/h3-10,15,22-23H,2,11-14,16H2,1H3. The molecule has 0 bridgehead atoms. The van der Waals surface area contributed by atoms with Gasteiger partial charge in [0, 0.05) is 31.9 Å². The molecule has 2 rings (SSSR count). The second-order valence-corrected chi connectivity index (χ2v) is 7.79. The highest BCUT2D eigenvalue weighted by Gasteiger charge is 2.23. The molecule has 0 heterocycles. The molecule has 0 aromatic heterocycles. The Kier molecular flexibility index (Phi) is 7.59. The van der Waals surface area contributed by atoms with E-state index in [0.29, 0.717) is 6.54 Å². The van der Waals surface area contributed by atoms with Gasteiger partial charge in [0.2, 0.25) is 10.0 Å². The van der Waals surface area contributed by atoms with Gasteiger partial charge in [-0.25, -0.2) is 8.42 Å². The molecule has 0 aliphatic heterocycles. The fraction of sp³-hybridized carbons (Fsp3) is 0.368. The first-order valence-electron chi connectivity index (χ1n) is 8.63. The summed E-state index contributed by atoms with van der Waals surface area (Å²) in [7, 11) is -3.76. The number of hydrogen-bond acceptors (Lipinski definition) is 5. The van der Waals surface area contributed by atoms with Crippen LogP contribution in [0.4, 0.5) is 5.69 Å². The number of nitrogens with zero attached hydrogens (tertiary/aromatic N) is 2. The summed E-state index contributed by atoms with van der Waals surface area (Å²) < 4.78 is 26.7. The van der Waals surface area contributed by atoms with Crippen molar-refractivity contribution in [2.45, 2.75) is 18.4 Å². The van der Waals surface area contributed by atoms with E-state index in [-0.39, 0.29) is 31.2 Å². The molecule has 0 aliphatic rings. The van der Waals surface area contributed by atoms with Crippen LogP contribution in [0.5, 0.6) is 0 Å². The van der Waals surface area contributed by atoms with Crippen LogP contribution < -0.4 is 4.90 Å². The van der Waals surface area contributed by atoms with Crippen molar-refractivity contribution >= 4 is 15.7 Å². The number of aliphatic hydroxyl groups excluding tert-OH is 2. The van der Waals surface area contributed by atoms with Crippen molar-refractivity contribution in [2.24, 2.45) is 0 Å². The summed E-state index contributed by atoms with van der Waals surface area (Å²) in [6, 6.07) is 16.8. The smallest absolute Gasteiger partial charge is 0.243 e. The van der Waals surface area contributed by atoms with Crippen LogP contribution in [-0.4, -0.2) is 55.8 Å². The molecular weight excluding hydrogens is 352 g/mol. The van der Waals surface area contributed by atoms with Crippen molar-refractivity contribution in [3.63, 3.8) is 0 Å². The number of hydrogen-bond donors (Lipinski definition) is 2. The van der Waals surface area contributed by atoms with Crippen LogP contribution in [0.1, 0.15) is 12.5 Å². The van der Waals surface area contributed by atoms with Gasteiger partial charge in [-0.1, -0.05) is 30.3 Å². The molecule has 0 amide bonds. The summed E-state index contributed by atoms with van der Waals surface area (Å²) in [6.07, 6.45) is 0. The number of sulfonamides is 1. The van der Waals surface area contributed by atoms with Gasteiger partial charge in [0.25, 0.3) is 0 Å². The van der Waals surface area contributed by atoms with Crippen LogP contribution in [0, 0.1) is 0 Å². The van der Waals surface area contributed by atoms with E-state index in [0.717, 1.165) is 22.1 Å². The second-order valence-electron chi connectivity index (χ2n) is 5.85. The Morgan fingerprint density at radius 2 is 1.58 bits per heavy atom. The summed E-state index contributed by atoms with van der Waals surface area (Å²) in [5.74, 6) is 0. The fourth-order valence-electron chi connectivity index (χ4n) is 2.77. The van der Waals surface area contributed by atoms with Crippen molar-refractivity contribution in [3.8, 4) is 0 Å². The Bertz CT molecular complexity index is 775. The van der Waals surface area contributed by atoms with E-state index in [1.165, 1.54) is 0 Å². The topological polar surface area (TPSA) is 81.1 Å². The molecule has 0 spiro atoms. The van der Waals surface area contributed by atoms with Crippen molar-refractivity contribution in [3.05, 3.63) is 60.2 Å². The molecule has 0 atom stereocenters. The van der Waals surface area contributed by atoms with E-state index in [1.807, 2.05) is 36.4 Å². The summed E-state index contributed by atoms with van der Waals surface area (Å²) >= 11 is 0. The number of anilines is 1. The lowest BCUT2D eigenvalue weighted by molar-refractivity contribution is 0.217. The van der Waals surface area contributed by atoms with Gasteiger partial charge in [0.15, 0.2) is 0 Å². The number of aliphatic hydroxyl groups is 2. The molecular formula is C19H26N2O4S. The van der Waals surface area contributed by atoms with Gasteiger partial charge in [-0.15, -0.1) is 0 Å². The Morgan fingerprint density at radius 1 is 0.923 bits per heavy atom. The average molecular weight is 378 g/mol. The highest BCUT2D eigenvalue weighted by Crippen LogP contribution is 2.20. The maximum atomic E-state index is 12.8. The van der Waals surface area contributed by atoms with Gasteiger partial charge in [0.05, 0.1) is 18.1 Å². The van der Waals surface area contributed by atoms with Crippen LogP contribution >= 0.6 is 0 Å². The first-order chi connectivity index (χ1) is 12.5. The molecule has 0 saturated carbocycles. The fourth-order valence-corrected chi connectivity index (χ4v) is 4.27. The third kappa shape index (κ3) is 5.04. The van der Waals surface area contributed by atoms with Gasteiger partial charge >= 0.3 is 0 Å². The summed E-state index contributed by atoms with van der Waals surface area (Å²) in [5, 5.41) is 18.2. The largest absolute Gasteiger partial charge is 0.395 e. The predicted octanol–water partition coefficient (Wildman–Crippen LogP) is 1.69. The summed E-state index contributed by atoms with van der Waals surface area (Å²) in [5.41, 5.74) is 1.95. The summed E-state index contributed by atoms with van der Waals surface area (Å²) in [6.45, 7) is 2.76. The SMILES string of the molecule is CCN(Cc1cccc(S(=O)(=O)N(CCO)CCO)c1)c1ccccc1. The molecule has 2 aromatic rings. The van der Waals surface area contributed by atoms with E-state index in [4.69, 9.17) is 10.2 Å². The Balaban J connectivity index is 2.26. The third-order valence-electron chi connectivity index (χ3n) is 4.11. The van der Waals surface area contributed by atoms with Crippen molar-refractivity contribution in [1.29, 1.82) is 0 Å². The quantitative estimate of drug-likeness (QED) is 0.658. The zero-order valence-electron chi connectivity index (χ0n) is 15.0. The van der Waals surface area contributed by atoms with Gasteiger partial charge < -0.3 is 15.1 Å². The molecule has 0 radical (unpaired) electrons. The van der Waals surface area contributed by atoms with Crippen molar-refractivity contribution in [2.75, 3.05) is 37.7 Å². The molecule has 2 aromatic carbocycles. The van der Waals surface area contributed by atoms with E-state index in [2.05, 4.69) is 11.8 Å². The highest BCUT2D eigenvalue weighted by atomic mass is 32.2. The van der Waals surface area contributed by atoms with E-state index in [9.17, 15) is 8.42 Å². The highest BCUT2D eigenvalue weighted by molar-refractivity contribution is 7.89. The number of para-hydroxylation sites is 1. The van der Waals surface area contributed by atoms with E-state index >= 15 is 0 Å². The van der Waals surface area contributed by atoms with Crippen molar-refractivity contribution < 1.29 is 18.6 Å². The van der Waals surface area contributed by atoms with Crippen molar-refractivity contribution in [1.82, 2.24) is 4.31 Å². The maximum Gasteiger partial charge on any atom is 0.243 e.